The highest BCUT2D eigenvalue weighted by atomic mass is 16.5. The lowest BCUT2D eigenvalue weighted by Gasteiger charge is -2.11. The molecule has 1 aromatic heterocycles. The van der Waals surface area contributed by atoms with Crippen molar-refractivity contribution in [3.05, 3.63) is 100 Å². The molecule has 128 valence electrons. The van der Waals surface area contributed by atoms with Gasteiger partial charge >= 0.3 is 0 Å². The van der Waals surface area contributed by atoms with Gasteiger partial charge in [0.2, 0.25) is 0 Å². The standard InChI is InChI=1S/C22H18N2O2/c1-26-18-13-11-16(12-14-18)15-21-19-9-5-6-10-20(19)22(25)24(23-21)17-7-3-2-4-8-17/h2-14H,15H2,1H3. The molecular formula is C22H18N2O2. The van der Waals surface area contributed by atoms with Gasteiger partial charge in [-0.2, -0.15) is 9.78 Å². The Bertz CT molecular complexity index is 1100. The van der Waals surface area contributed by atoms with Gasteiger partial charge < -0.3 is 4.74 Å². The van der Waals surface area contributed by atoms with Crippen LogP contribution in [0.2, 0.25) is 0 Å². The van der Waals surface area contributed by atoms with E-state index in [4.69, 9.17) is 4.74 Å². The summed E-state index contributed by atoms with van der Waals surface area (Å²) in [5.74, 6) is 0.820. The van der Waals surface area contributed by atoms with Crippen LogP contribution in [0, 0.1) is 0 Å². The van der Waals surface area contributed by atoms with E-state index in [0.29, 0.717) is 11.8 Å². The topological polar surface area (TPSA) is 44.1 Å². The maximum Gasteiger partial charge on any atom is 0.279 e. The van der Waals surface area contributed by atoms with Crippen molar-refractivity contribution in [2.45, 2.75) is 6.42 Å². The first-order valence-corrected chi connectivity index (χ1v) is 8.45. The van der Waals surface area contributed by atoms with E-state index in [2.05, 4.69) is 5.10 Å². The number of hydrogen-bond acceptors (Lipinski definition) is 3. The van der Waals surface area contributed by atoms with Gasteiger partial charge in [-0.1, -0.05) is 48.5 Å². The van der Waals surface area contributed by atoms with Crippen molar-refractivity contribution in [3.8, 4) is 11.4 Å². The number of para-hydroxylation sites is 1. The molecule has 0 unspecified atom stereocenters. The number of nitrogens with zero attached hydrogens (tertiary/aromatic N) is 2. The van der Waals surface area contributed by atoms with Crippen molar-refractivity contribution in [1.29, 1.82) is 0 Å². The van der Waals surface area contributed by atoms with Crippen LogP contribution in [0.1, 0.15) is 11.3 Å². The molecule has 26 heavy (non-hydrogen) atoms. The van der Waals surface area contributed by atoms with E-state index in [1.807, 2.05) is 78.9 Å². The second-order valence-corrected chi connectivity index (χ2v) is 6.07. The summed E-state index contributed by atoms with van der Waals surface area (Å²) in [6, 6.07) is 25.1. The molecule has 1 heterocycles. The number of ether oxygens (including phenoxy) is 1. The van der Waals surface area contributed by atoms with E-state index >= 15 is 0 Å². The van der Waals surface area contributed by atoms with Gasteiger partial charge in [0.25, 0.3) is 5.56 Å². The highest BCUT2D eigenvalue weighted by molar-refractivity contribution is 5.84. The van der Waals surface area contributed by atoms with Crippen LogP contribution in [0.5, 0.6) is 5.75 Å². The van der Waals surface area contributed by atoms with Crippen LogP contribution < -0.4 is 10.3 Å². The zero-order valence-electron chi connectivity index (χ0n) is 14.4. The van der Waals surface area contributed by atoms with Gasteiger partial charge in [0.05, 0.1) is 23.9 Å². The van der Waals surface area contributed by atoms with Crippen LogP contribution in [0.3, 0.4) is 0 Å². The van der Waals surface area contributed by atoms with Gasteiger partial charge in [-0.05, 0) is 35.9 Å². The van der Waals surface area contributed by atoms with Crippen LogP contribution in [-0.4, -0.2) is 16.9 Å². The lowest BCUT2D eigenvalue weighted by Crippen LogP contribution is -2.23. The Balaban J connectivity index is 1.87. The molecule has 4 rings (SSSR count). The van der Waals surface area contributed by atoms with Crippen molar-refractivity contribution in [1.82, 2.24) is 9.78 Å². The monoisotopic (exact) mass is 342 g/mol. The van der Waals surface area contributed by atoms with E-state index in [1.165, 1.54) is 4.68 Å². The second kappa shape index (κ2) is 6.84. The number of methoxy groups -OCH3 is 1. The molecule has 3 aromatic carbocycles. The van der Waals surface area contributed by atoms with Crippen molar-refractivity contribution in [3.63, 3.8) is 0 Å². The minimum atomic E-state index is -0.106. The number of fused-ring (bicyclic) bond motifs is 1. The van der Waals surface area contributed by atoms with Crippen molar-refractivity contribution in [2.75, 3.05) is 7.11 Å². The molecule has 0 atom stereocenters. The summed E-state index contributed by atoms with van der Waals surface area (Å²) in [5.41, 5.74) is 2.64. The molecule has 0 aliphatic rings. The van der Waals surface area contributed by atoms with Crippen LogP contribution >= 0.6 is 0 Å². The molecule has 0 fully saturated rings. The van der Waals surface area contributed by atoms with Gasteiger partial charge in [-0.25, -0.2) is 0 Å². The maximum absolute atomic E-state index is 12.9. The SMILES string of the molecule is COc1ccc(Cc2nn(-c3ccccc3)c(=O)c3ccccc23)cc1. The highest BCUT2D eigenvalue weighted by Gasteiger charge is 2.12. The predicted octanol–water partition coefficient (Wildman–Crippen LogP) is 3.99. The van der Waals surface area contributed by atoms with Crippen molar-refractivity contribution >= 4 is 10.8 Å². The fourth-order valence-corrected chi connectivity index (χ4v) is 3.07. The average molecular weight is 342 g/mol. The fraction of sp³-hybridized carbons (Fsp3) is 0.0909. The molecule has 4 nitrogen and oxygen atoms in total. The Morgan fingerprint density at radius 2 is 1.50 bits per heavy atom. The Morgan fingerprint density at radius 3 is 2.19 bits per heavy atom. The third kappa shape index (κ3) is 2.97. The van der Waals surface area contributed by atoms with Crippen LogP contribution in [0.15, 0.2) is 83.7 Å². The molecule has 0 radical (unpaired) electrons. The van der Waals surface area contributed by atoms with Crippen molar-refractivity contribution < 1.29 is 4.74 Å². The van der Waals surface area contributed by atoms with E-state index in [-0.39, 0.29) is 5.56 Å². The summed E-state index contributed by atoms with van der Waals surface area (Å²) < 4.78 is 6.71. The van der Waals surface area contributed by atoms with Crippen molar-refractivity contribution in [2.24, 2.45) is 0 Å². The lowest BCUT2D eigenvalue weighted by atomic mass is 10.0. The predicted molar refractivity (Wildman–Crippen MR) is 103 cm³/mol. The van der Waals surface area contributed by atoms with E-state index < -0.39 is 0 Å². The number of hydrogen-bond donors (Lipinski definition) is 0. The first kappa shape index (κ1) is 16.1. The maximum atomic E-state index is 12.9. The summed E-state index contributed by atoms with van der Waals surface area (Å²) in [4.78, 5) is 12.9. The molecule has 4 aromatic rings. The molecule has 0 N–H and O–H groups in total. The summed E-state index contributed by atoms with van der Waals surface area (Å²) in [5, 5.41) is 6.25. The van der Waals surface area contributed by atoms with Gasteiger partial charge in [-0.3, -0.25) is 4.79 Å². The number of aromatic nitrogens is 2. The zero-order valence-corrected chi connectivity index (χ0v) is 14.4. The Kier molecular flexibility index (Phi) is 4.23. The number of rotatable bonds is 4. The third-order valence-corrected chi connectivity index (χ3v) is 4.41. The minimum absolute atomic E-state index is 0.106. The molecular weight excluding hydrogens is 324 g/mol. The van der Waals surface area contributed by atoms with Crippen LogP contribution in [0.4, 0.5) is 0 Å². The van der Waals surface area contributed by atoms with Gasteiger partial charge in [0.1, 0.15) is 5.75 Å². The summed E-state index contributed by atoms with van der Waals surface area (Å²) in [7, 11) is 1.65. The Labute approximate surface area is 151 Å². The molecule has 0 amide bonds. The minimum Gasteiger partial charge on any atom is -0.497 e. The zero-order chi connectivity index (χ0) is 17.9. The van der Waals surface area contributed by atoms with E-state index in [9.17, 15) is 4.79 Å². The quantitative estimate of drug-likeness (QED) is 0.563. The van der Waals surface area contributed by atoms with Gasteiger partial charge in [0, 0.05) is 11.8 Å². The summed E-state index contributed by atoms with van der Waals surface area (Å²) in [6.07, 6.45) is 0.637. The van der Waals surface area contributed by atoms with Gasteiger partial charge in [-0.15, -0.1) is 0 Å². The Morgan fingerprint density at radius 1 is 0.846 bits per heavy atom. The first-order chi connectivity index (χ1) is 12.8. The fourth-order valence-electron chi connectivity index (χ4n) is 3.07. The molecule has 0 bridgehead atoms. The lowest BCUT2D eigenvalue weighted by molar-refractivity contribution is 0.414. The molecule has 0 saturated carbocycles. The summed E-state index contributed by atoms with van der Waals surface area (Å²) >= 11 is 0. The molecule has 0 saturated heterocycles. The first-order valence-electron chi connectivity index (χ1n) is 8.45. The third-order valence-electron chi connectivity index (χ3n) is 4.41. The van der Waals surface area contributed by atoms with E-state index in [0.717, 1.165) is 28.1 Å². The molecule has 0 aliphatic heterocycles. The normalized spacial score (nSPS) is 10.8. The van der Waals surface area contributed by atoms with E-state index in [1.54, 1.807) is 7.11 Å². The van der Waals surface area contributed by atoms with Crippen LogP contribution in [0.25, 0.3) is 16.5 Å². The molecule has 0 aliphatic carbocycles. The largest absolute Gasteiger partial charge is 0.497 e. The van der Waals surface area contributed by atoms with Gasteiger partial charge in [0.15, 0.2) is 0 Å². The van der Waals surface area contributed by atoms with Crippen LogP contribution in [-0.2, 0) is 6.42 Å². The average Bonchev–Trinajstić information content (AvgIpc) is 2.71. The second-order valence-electron chi connectivity index (χ2n) is 6.07. The number of benzene rings is 3. The highest BCUT2D eigenvalue weighted by Crippen LogP contribution is 2.20. The molecule has 0 spiro atoms. The summed E-state index contributed by atoms with van der Waals surface area (Å²) in [6.45, 7) is 0. The Hall–Kier alpha value is -3.40. The smallest absolute Gasteiger partial charge is 0.279 e. The molecule has 4 heteroatoms.